The summed E-state index contributed by atoms with van der Waals surface area (Å²) >= 11 is 0. The van der Waals surface area contributed by atoms with E-state index in [0.717, 1.165) is 37.9 Å². The summed E-state index contributed by atoms with van der Waals surface area (Å²) < 4.78 is 11.1. The van der Waals surface area contributed by atoms with Crippen LogP contribution in [-0.2, 0) is 11.3 Å². The molecule has 0 aromatic heterocycles. The molecule has 2 rings (SSSR count). The van der Waals surface area contributed by atoms with Crippen LogP contribution in [-0.4, -0.2) is 75.2 Å². The predicted molar refractivity (Wildman–Crippen MR) is 135 cm³/mol. The number of nitrogens with zero attached hydrogens (tertiary/aromatic N) is 2. The van der Waals surface area contributed by atoms with Gasteiger partial charge in [-0.05, 0) is 57.0 Å². The van der Waals surface area contributed by atoms with Gasteiger partial charge in [-0.1, -0.05) is 32.1 Å². The lowest BCUT2D eigenvalue weighted by molar-refractivity contribution is -0.121. The fourth-order valence-electron chi connectivity index (χ4n) is 3.93. The summed E-state index contributed by atoms with van der Waals surface area (Å²) in [5, 5.41) is 6.10. The highest BCUT2D eigenvalue weighted by atomic mass is 16.6. The number of benzene rings is 1. The van der Waals surface area contributed by atoms with E-state index in [1.165, 1.54) is 0 Å². The Morgan fingerprint density at radius 3 is 2.71 bits per heavy atom. The average molecular weight is 475 g/mol. The van der Waals surface area contributed by atoms with Crippen molar-refractivity contribution in [1.29, 1.82) is 0 Å². The van der Waals surface area contributed by atoms with Crippen LogP contribution in [0.2, 0.25) is 0 Å². The van der Waals surface area contributed by atoms with Crippen LogP contribution >= 0.6 is 0 Å². The van der Waals surface area contributed by atoms with Gasteiger partial charge in [0.05, 0.1) is 13.2 Å². The van der Waals surface area contributed by atoms with Gasteiger partial charge in [0.15, 0.2) is 11.5 Å². The van der Waals surface area contributed by atoms with Crippen LogP contribution in [0.4, 0.5) is 4.79 Å². The van der Waals surface area contributed by atoms with E-state index in [4.69, 9.17) is 9.47 Å². The molecule has 1 heterocycles. The van der Waals surface area contributed by atoms with Crippen molar-refractivity contribution >= 4 is 12.0 Å². The Bertz CT molecular complexity index is 812. The summed E-state index contributed by atoms with van der Waals surface area (Å²) in [5.41, 5.74) is 0.887. The molecule has 0 bridgehead atoms. The largest absolute Gasteiger partial charge is 0.493 e. The van der Waals surface area contributed by atoms with Crippen molar-refractivity contribution in [3.63, 3.8) is 0 Å². The van der Waals surface area contributed by atoms with Crippen LogP contribution in [0.3, 0.4) is 0 Å². The van der Waals surface area contributed by atoms with E-state index in [9.17, 15) is 9.59 Å². The zero-order chi connectivity index (χ0) is 24.9. The first-order valence-corrected chi connectivity index (χ1v) is 12.3. The molecule has 8 nitrogen and oxygen atoms in total. The molecule has 1 fully saturated rings. The Hall–Kier alpha value is -2.58. The highest BCUT2D eigenvalue weighted by Crippen LogP contribution is 2.29. The molecular formula is C26H42N4O4. The molecule has 1 atom stereocenters. The molecule has 0 spiro atoms. The van der Waals surface area contributed by atoms with E-state index in [2.05, 4.69) is 48.6 Å². The van der Waals surface area contributed by atoms with Gasteiger partial charge in [-0.15, -0.1) is 0 Å². The molecule has 1 aliphatic heterocycles. The van der Waals surface area contributed by atoms with Gasteiger partial charge in [0.2, 0.25) is 5.91 Å². The maximum atomic E-state index is 12.9. The first kappa shape index (κ1) is 27.7. The van der Waals surface area contributed by atoms with Gasteiger partial charge in [-0.2, -0.15) is 0 Å². The third kappa shape index (κ3) is 9.35. The number of unbranched alkanes of at least 4 members (excludes halogenated alkanes) is 2. The lowest BCUT2D eigenvalue weighted by atomic mass is 10.1. The Morgan fingerprint density at radius 1 is 1.21 bits per heavy atom. The quantitative estimate of drug-likeness (QED) is 0.357. The molecule has 2 amide bonds. The summed E-state index contributed by atoms with van der Waals surface area (Å²) in [5.74, 6) is 1.45. The van der Waals surface area contributed by atoms with Crippen molar-refractivity contribution in [2.75, 3.05) is 47.4 Å². The predicted octanol–water partition coefficient (Wildman–Crippen LogP) is 3.42. The number of carbonyl (C=O) groups is 2. The summed E-state index contributed by atoms with van der Waals surface area (Å²) in [7, 11) is 5.48. The molecular weight excluding hydrogens is 432 g/mol. The number of hydrogen-bond acceptors (Lipinski definition) is 6. The summed E-state index contributed by atoms with van der Waals surface area (Å²) in [6.45, 7) is 7.62. The molecule has 190 valence electrons. The highest BCUT2D eigenvalue weighted by Gasteiger charge is 2.30. The monoisotopic (exact) mass is 474 g/mol. The van der Waals surface area contributed by atoms with Crippen molar-refractivity contribution in [2.24, 2.45) is 5.92 Å². The SMILES string of the molecule is CNCC1CN(C)CCN1C(=O)Oc1ccc(CNC(=O)CCCCC=CC(C)C)cc1OC. The number of likely N-dealkylation sites (N-methyl/N-ethyl adjacent to an activating group) is 2. The van der Waals surface area contributed by atoms with Gasteiger partial charge in [-0.3, -0.25) is 4.79 Å². The number of piperazine rings is 1. The minimum atomic E-state index is -0.379. The molecule has 1 saturated heterocycles. The lowest BCUT2D eigenvalue weighted by Crippen LogP contribution is -2.57. The van der Waals surface area contributed by atoms with Gasteiger partial charge in [0, 0.05) is 39.1 Å². The number of hydrogen-bond donors (Lipinski definition) is 2. The fourth-order valence-corrected chi connectivity index (χ4v) is 3.93. The Labute approximate surface area is 204 Å². The first-order valence-electron chi connectivity index (χ1n) is 12.3. The second kappa shape index (κ2) is 14.6. The Kier molecular flexibility index (Phi) is 11.9. The number of ether oxygens (including phenoxy) is 2. The number of methoxy groups -OCH3 is 1. The van der Waals surface area contributed by atoms with Crippen molar-refractivity contribution in [1.82, 2.24) is 20.4 Å². The van der Waals surface area contributed by atoms with Gasteiger partial charge >= 0.3 is 6.09 Å². The normalized spacial score (nSPS) is 16.8. The number of amides is 2. The zero-order valence-electron chi connectivity index (χ0n) is 21.4. The van der Waals surface area contributed by atoms with Crippen molar-refractivity contribution in [3.05, 3.63) is 35.9 Å². The van der Waals surface area contributed by atoms with Crippen LogP contribution in [0.25, 0.3) is 0 Å². The third-order valence-corrected chi connectivity index (χ3v) is 5.82. The summed E-state index contributed by atoms with van der Waals surface area (Å²) in [6.07, 6.45) is 7.40. The standard InChI is InChI=1S/C26H42N4O4/c1-20(2)10-8-6-7-9-11-25(31)28-17-21-12-13-23(24(16-21)33-5)34-26(32)30-15-14-29(4)19-22(30)18-27-3/h8,10,12-13,16,20,22,27H,6-7,9,11,14-15,17-19H2,1-5H3,(H,28,31). The Morgan fingerprint density at radius 2 is 2.00 bits per heavy atom. The van der Waals surface area contributed by atoms with Crippen LogP contribution in [0.5, 0.6) is 11.5 Å². The van der Waals surface area contributed by atoms with Crippen LogP contribution < -0.4 is 20.1 Å². The van der Waals surface area contributed by atoms with E-state index < -0.39 is 0 Å². The maximum Gasteiger partial charge on any atom is 0.415 e. The topological polar surface area (TPSA) is 83.1 Å². The third-order valence-electron chi connectivity index (χ3n) is 5.82. The molecule has 0 radical (unpaired) electrons. The van der Waals surface area contributed by atoms with Gasteiger partial charge in [0.25, 0.3) is 0 Å². The minimum absolute atomic E-state index is 0.0351. The van der Waals surface area contributed by atoms with E-state index >= 15 is 0 Å². The second-order valence-electron chi connectivity index (χ2n) is 9.22. The van der Waals surface area contributed by atoms with E-state index in [1.807, 2.05) is 13.1 Å². The van der Waals surface area contributed by atoms with Crippen molar-refractivity contribution < 1.29 is 19.1 Å². The fraction of sp³-hybridized carbons (Fsp3) is 0.615. The molecule has 0 aliphatic carbocycles. The molecule has 2 N–H and O–H groups in total. The van der Waals surface area contributed by atoms with E-state index in [-0.39, 0.29) is 18.0 Å². The van der Waals surface area contributed by atoms with Crippen LogP contribution in [0.1, 0.15) is 45.1 Å². The molecule has 8 heteroatoms. The molecule has 1 unspecified atom stereocenters. The first-order chi connectivity index (χ1) is 16.3. The van der Waals surface area contributed by atoms with E-state index in [0.29, 0.717) is 43.5 Å². The number of nitrogens with one attached hydrogen (secondary N) is 2. The van der Waals surface area contributed by atoms with Gasteiger partial charge < -0.3 is 29.9 Å². The maximum absolute atomic E-state index is 12.9. The minimum Gasteiger partial charge on any atom is -0.493 e. The molecule has 34 heavy (non-hydrogen) atoms. The lowest BCUT2D eigenvalue weighted by Gasteiger charge is -2.39. The highest BCUT2D eigenvalue weighted by molar-refractivity contribution is 5.76. The van der Waals surface area contributed by atoms with Crippen LogP contribution in [0, 0.1) is 5.92 Å². The zero-order valence-corrected chi connectivity index (χ0v) is 21.4. The average Bonchev–Trinajstić information content (AvgIpc) is 2.80. The molecule has 1 aromatic rings. The molecule has 1 aliphatic rings. The summed E-state index contributed by atoms with van der Waals surface area (Å²) in [4.78, 5) is 29.0. The van der Waals surface area contributed by atoms with Gasteiger partial charge in [0.1, 0.15) is 0 Å². The smallest absolute Gasteiger partial charge is 0.415 e. The van der Waals surface area contributed by atoms with E-state index in [1.54, 1.807) is 24.1 Å². The molecule has 0 saturated carbocycles. The number of allylic oxidation sites excluding steroid dienone is 2. The Balaban J connectivity index is 1.85. The van der Waals surface area contributed by atoms with Crippen LogP contribution in [0.15, 0.2) is 30.4 Å². The van der Waals surface area contributed by atoms with Gasteiger partial charge in [-0.25, -0.2) is 4.79 Å². The van der Waals surface area contributed by atoms with Crippen molar-refractivity contribution in [3.8, 4) is 11.5 Å². The number of carbonyl (C=O) groups excluding carboxylic acids is 2. The van der Waals surface area contributed by atoms with Crippen molar-refractivity contribution in [2.45, 2.75) is 52.1 Å². The second-order valence-corrected chi connectivity index (χ2v) is 9.22. The molecule has 1 aromatic carbocycles. The number of rotatable bonds is 12. The summed E-state index contributed by atoms with van der Waals surface area (Å²) in [6, 6.07) is 5.41.